The molecule has 1 fully saturated rings. The van der Waals surface area contributed by atoms with Gasteiger partial charge in [-0.05, 0) is 12.8 Å². The molecule has 0 saturated carbocycles. The molecule has 0 aromatic carbocycles. The minimum atomic E-state index is -4.75. The number of hydrogen-bond donors (Lipinski definition) is 1. The molecule has 1 N–H and O–H groups in total. The van der Waals surface area contributed by atoms with Crippen molar-refractivity contribution >= 4 is 27.3 Å². The van der Waals surface area contributed by atoms with Gasteiger partial charge in [-0.1, -0.05) is 13.8 Å². The first-order valence-corrected chi connectivity index (χ1v) is 11.8. The van der Waals surface area contributed by atoms with Gasteiger partial charge in [0.25, 0.3) is 0 Å². The summed E-state index contributed by atoms with van der Waals surface area (Å²) in [6, 6.07) is -0.184. The molecule has 2 aromatic rings. The second-order valence-electron chi connectivity index (χ2n) is 7.35. The van der Waals surface area contributed by atoms with Crippen LogP contribution < -0.4 is 5.32 Å². The van der Waals surface area contributed by atoms with Crippen molar-refractivity contribution in [1.29, 1.82) is 0 Å². The topological polar surface area (TPSA) is 88.1 Å². The third-order valence-electron chi connectivity index (χ3n) is 4.62. The summed E-state index contributed by atoms with van der Waals surface area (Å²) in [6.07, 6.45) is -1.85. The van der Waals surface area contributed by atoms with E-state index < -0.39 is 33.4 Å². The van der Waals surface area contributed by atoms with Gasteiger partial charge in [0.15, 0.2) is 11.5 Å². The van der Waals surface area contributed by atoms with E-state index in [0.29, 0.717) is 25.9 Å². The largest absolute Gasteiger partial charge is 0.434 e. The molecular weight excluding hydrogens is 446 g/mol. The zero-order valence-electron chi connectivity index (χ0n) is 16.5. The van der Waals surface area contributed by atoms with Crippen molar-refractivity contribution in [1.82, 2.24) is 19.3 Å². The van der Waals surface area contributed by atoms with Gasteiger partial charge in [-0.25, -0.2) is 32.1 Å². The number of nitrogens with one attached hydrogen (secondary N) is 1. The number of halogens is 4. The smallest absolute Gasteiger partial charge is 0.351 e. The van der Waals surface area contributed by atoms with Crippen molar-refractivity contribution in [3.05, 3.63) is 22.7 Å². The molecule has 30 heavy (non-hydrogen) atoms. The normalized spacial score (nSPS) is 16.9. The first-order valence-electron chi connectivity index (χ1n) is 9.18. The number of anilines is 1. The van der Waals surface area contributed by atoms with Gasteiger partial charge < -0.3 is 5.32 Å². The van der Waals surface area contributed by atoms with E-state index in [1.165, 1.54) is 4.31 Å². The number of thiazole rings is 1. The fraction of sp³-hybridized carbons (Fsp3) is 0.588. The van der Waals surface area contributed by atoms with Crippen LogP contribution in [0.3, 0.4) is 0 Å². The maximum absolute atomic E-state index is 14.4. The van der Waals surface area contributed by atoms with Crippen LogP contribution in [0.1, 0.15) is 43.3 Å². The highest BCUT2D eigenvalue weighted by Gasteiger charge is 2.39. The van der Waals surface area contributed by atoms with E-state index in [2.05, 4.69) is 20.3 Å². The molecule has 1 aliphatic heterocycles. The van der Waals surface area contributed by atoms with E-state index >= 15 is 0 Å². The molecule has 1 aliphatic rings. The van der Waals surface area contributed by atoms with Crippen LogP contribution in [0.15, 0.2) is 6.20 Å². The van der Waals surface area contributed by atoms with Crippen molar-refractivity contribution < 1.29 is 26.0 Å². The summed E-state index contributed by atoms with van der Waals surface area (Å²) in [6.45, 7) is 4.01. The van der Waals surface area contributed by atoms with Crippen LogP contribution in [0, 0.1) is 5.82 Å². The SMILES string of the molecule is CC(C)c1nc(C(F)(F)F)c(-c2nc(NC3CCN(S(C)(=O)=O)CC3)ncc2F)s1. The summed E-state index contributed by atoms with van der Waals surface area (Å²) < 4.78 is 79.3. The van der Waals surface area contributed by atoms with Crippen molar-refractivity contribution in [3.63, 3.8) is 0 Å². The van der Waals surface area contributed by atoms with Crippen molar-refractivity contribution in [2.75, 3.05) is 24.7 Å². The van der Waals surface area contributed by atoms with Gasteiger partial charge in [-0.2, -0.15) is 13.2 Å². The second-order valence-corrected chi connectivity index (χ2v) is 10.4. The van der Waals surface area contributed by atoms with Crippen molar-refractivity contribution in [2.45, 2.75) is 44.8 Å². The van der Waals surface area contributed by atoms with Gasteiger partial charge in [0.1, 0.15) is 5.69 Å². The maximum atomic E-state index is 14.4. The fourth-order valence-electron chi connectivity index (χ4n) is 3.05. The van der Waals surface area contributed by atoms with E-state index in [1.54, 1.807) is 13.8 Å². The van der Waals surface area contributed by atoms with Gasteiger partial charge >= 0.3 is 6.18 Å². The molecule has 0 aliphatic carbocycles. The second kappa shape index (κ2) is 8.35. The van der Waals surface area contributed by atoms with Crippen LogP contribution >= 0.6 is 11.3 Å². The number of sulfonamides is 1. The number of nitrogens with zero attached hydrogens (tertiary/aromatic N) is 4. The third-order valence-corrected chi connectivity index (χ3v) is 7.29. The summed E-state index contributed by atoms with van der Waals surface area (Å²) in [5.41, 5.74) is -1.63. The van der Waals surface area contributed by atoms with Gasteiger partial charge in [0.05, 0.1) is 22.3 Å². The van der Waals surface area contributed by atoms with Gasteiger partial charge in [0.2, 0.25) is 16.0 Å². The number of rotatable bonds is 5. The molecule has 166 valence electrons. The highest BCUT2D eigenvalue weighted by Crippen LogP contribution is 2.42. The summed E-state index contributed by atoms with van der Waals surface area (Å²) in [4.78, 5) is 11.1. The number of alkyl halides is 3. The van der Waals surface area contributed by atoms with Crippen molar-refractivity contribution in [3.8, 4) is 10.6 Å². The molecule has 2 aromatic heterocycles. The first-order chi connectivity index (χ1) is 13.9. The van der Waals surface area contributed by atoms with E-state index in [0.717, 1.165) is 23.8 Å². The molecule has 0 unspecified atom stereocenters. The van der Waals surface area contributed by atoms with E-state index in [-0.39, 0.29) is 27.8 Å². The summed E-state index contributed by atoms with van der Waals surface area (Å²) in [5.74, 6) is -1.25. The minimum absolute atomic E-state index is 0.0168. The fourth-order valence-corrected chi connectivity index (χ4v) is 5.00. The Labute approximate surface area is 175 Å². The number of hydrogen-bond acceptors (Lipinski definition) is 7. The maximum Gasteiger partial charge on any atom is 0.434 e. The molecule has 7 nitrogen and oxygen atoms in total. The Kier molecular flexibility index (Phi) is 6.35. The average molecular weight is 468 g/mol. The molecule has 0 atom stereocenters. The van der Waals surface area contributed by atoms with Gasteiger partial charge in [-0.15, -0.1) is 11.3 Å². The molecule has 0 radical (unpaired) electrons. The van der Waals surface area contributed by atoms with Crippen LogP contribution in [0.25, 0.3) is 10.6 Å². The predicted octanol–water partition coefficient (Wildman–Crippen LogP) is 3.72. The Bertz CT molecular complexity index is 1020. The lowest BCUT2D eigenvalue weighted by Crippen LogP contribution is -2.42. The zero-order chi connectivity index (χ0) is 22.3. The van der Waals surface area contributed by atoms with Crippen LogP contribution in [0.4, 0.5) is 23.5 Å². The molecule has 3 heterocycles. The monoisotopic (exact) mass is 467 g/mol. The third kappa shape index (κ3) is 5.06. The Hall–Kier alpha value is -1.86. The molecule has 0 amide bonds. The Balaban J connectivity index is 1.87. The molecule has 0 spiro atoms. The number of aromatic nitrogens is 3. The molecule has 3 rings (SSSR count). The lowest BCUT2D eigenvalue weighted by Gasteiger charge is -2.30. The van der Waals surface area contributed by atoms with Crippen LogP contribution in [0.2, 0.25) is 0 Å². The zero-order valence-corrected chi connectivity index (χ0v) is 18.1. The summed E-state index contributed by atoms with van der Waals surface area (Å²) in [7, 11) is -3.28. The summed E-state index contributed by atoms with van der Waals surface area (Å²) >= 11 is 0.757. The van der Waals surface area contributed by atoms with Crippen LogP contribution in [-0.2, 0) is 16.2 Å². The first kappa shape index (κ1) is 22.8. The van der Waals surface area contributed by atoms with Crippen LogP contribution in [0.5, 0.6) is 0 Å². The highest BCUT2D eigenvalue weighted by molar-refractivity contribution is 7.88. The Morgan fingerprint density at radius 1 is 1.23 bits per heavy atom. The van der Waals surface area contributed by atoms with Crippen molar-refractivity contribution in [2.24, 2.45) is 0 Å². The van der Waals surface area contributed by atoms with E-state index in [1.807, 2.05) is 0 Å². The highest BCUT2D eigenvalue weighted by atomic mass is 32.2. The quantitative estimate of drug-likeness (QED) is 0.675. The lowest BCUT2D eigenvalue weighted by atomic mass is 10.1. The van der Waals surface area contributed by atoms with Gasteiger partial charge in [-0.3, -0.25) is 0 Å². The van der Waals surface area contributed by atoms with E-state index in [9.17, 15) is 26.0 Å². The molecule has 13 heteroatoms. The Morgan fingerprint density at radius 2 is 1.87 bits per heavy atom. The molecule has 1 saturated heterocycles. The Morgan fingerprint density at radius 3 is 2.40 bits per heavy atom. The van der Waals surface area contributed by atoms with E-state index in [4.69, 9.17) is 0 Å². The predicted molar refractivity (Wildman–Crippen MR) is 105 cm³/mol. The lowest BCUT2D eigenvalue weighted by molar-refractivity contribution is -0.140. The minimum Gasteiger partial charge on any atom is -0.351 e. The molecule has 0 bridgehead atoms. The summed E-state index contributed by atoms with van der Waals surface area (Å²) in [5, 5.41) is 3.20. The molecular formula is C17H21F4N5O2S2. The standard InChI is InChI=1S/C17H21F4N5O2S2/c1-9(2)15-25-14(17(19,20)21)13(29-15)12-11(18)8-22-16(24-12)23-10-4-6-26(7-5-10)30(3,27)28/h8-10H,4-7H2,1-3H3,(H,22,23,24). The van der Waals surface area contributed by atoms with Gasteiger partial charge in [0, 0.05) is 25.0 Å². The average Bonchev–Trinajstić information content (AvgIpc) is 3.09. The van der Waals surface area contributed by atoms with Crippen LogP contribution in [-0.4, -0.2) is 53.1 Å². The number of piperidine rings is 1.